The highest BCUT2D eigenvalue weighted by Gasteiger charge is 2.11. The average molecular weight is 608 g/mol. The van der Waals surface area contributed by atoms with Gasteiger partial charge in [0.05, 0.1) is 4.47 Å². The van der Waals surface area contributed by atoms with E-state index >= 15 is 0 Å². The molecule has 0 radical (unpaired) electrons. The third-order valence-electron chi connectivity index (χ3n) is 5.38. The number of amides is 1. The number of nitrogens with zero attached hydrogens (tertiary/aromatic N) is 1. The van der Waals surface area contributed by atoms with Gasteiger partial charge in [0.2, 0.25) is 0 Å². The summed E-state index contributed by atoms with van der Waals surface area (Å²) in [5.74, 6) is 0.734. The van der Waals surface area contributed by atoms with Gasteiger partial charge in [-0.05, 0) is 87.7 Å². The van der Waals surface area contributed by atoms with Crippen molar-refractivity contribution >= 4 is 56.8 Å². The lowest BCUT2D eigenvalue weighted by molar-refractivity contribution is -0.112. The van der Waals surface area contributed by atoms with Crippen molar-refractivity contribution in [2.45, 2.75) is 13.2 Å². The van der Waals surface area contributed by atoms with Crippen LogP contribution in [0.2, 0.25) is 10.0 Å². The van der Waals surface area contributed by atoms with Crippen LogP contribution < -0.4 is 14.8 Å². The first kappa shape index (κ1) is 27.3. The molecule has 0 aliphatic heterocycles. The Morgan fingerprint density at radius 3 is 2.42 bits per heavy atom. The normalized spacial score (nSPS) is 10.9. The molecule has 5 nitrogen and oxygen atoms in total. The first-order valence-corrected chi connectivity index (χ1v) is 13.0. The fraction of sp³-hybridized carbons (Fsp3) is 0.0667. The molecule has 0 spiro atoms. The highest BCUT2D eigenvalue weighted by molar-refractivity contribution is 9.10. The lowest BCUT2D eigenvalue weighted by Crippen LogP contribution is -2.13. The fourth-order valence-electron chi connectivity index (χ4n) is 3.44. The summed E-state index contributed by atoms with van der Waals surface area (Å²) in [4.78, 5) is 12.7. The largest absolute Gasteiger partial charge is 0.489 e. The zero-order valence-electron chi connectivity index (χ0n) is 20.0. The molecule has 1 amide bonds. The van der Waals surface area contributed by atoms with Crippen molar-refractivity contribution in [2.75, 3.05) is 5.32 Å². The molecule has 0 heterocycles. The monoisotopic (exact) mass is 606 g/mol. The zero-order chi connectivity index (χ0) is 26.9. The minimum atomic E-state index is -0.519. The topological polar surface area (TPSA) is 71.3 Å². The molecule has 0 bridgehead atoms. The van der Waals surface area contributed by atoms with Gasteiger partial charge in [-0.25, -0.2) is 0 Å². The quantitative estimate of drug-likeness (QED) is 0.153. The number of benzene rings is 4. The molecule has 190 valence electrons. The number of ether oxygens (including phenoxy) is 2. The molecule has 4 aromatic rings. The van der Waals surface area contributed by atoms with Crippen molar-refractivity contribution in [3.63, 3.8) is 0 Å². The molecular formula is C30H21BrCl2N2O3. The zero-order valence-corrected chi connectivity index (χ0v) is 23.1. The summed E-state index contributed by atoms with van der Waals surface area (Å²) in [5.41, 5.74) is 2.98. The molecule has 1 N–H and O–H groups in total. The Morgan fingerprint density at radius 2 is 1.71 bits per heavy atom. The van der Waals surface area contributed by atoms with E-state index in [4.69, 9.17) is 32.7 Å². The first-order chi connectivity index (χ1) is 18.4. The van der Waals surface area contributed by atoms with Crippen LogP contribution in [0.25, 0.3) is 6.08 Å². The number of anilines is 1. The number of hydrogen-bond donors (Lipinski definition) is 1. The predicted molar refractivity (Wildman–Crippen MR) is 154 cm³/mol. The molecule has 0 fully saturated rings. The van der Waals surface area contributed by atoms with E-state index in [1.165, 1.54) is 6.08 Å². The second-order valence-corrected chi connectivity index (χ2v) is 9.83. The van der Waals surface area contributed by atoms with Crippen LogP contribution in [0, 0.1) is 11.3 Å². The van der Waals surface area contributed by atoms with E-state index in [-0.39, 0.29) is 5.57 Å². The Morgan fingerprint density at radius 1 is 0.921 bits per heavy atom. The van der Waals surface area contributed by atoms with E-state index in [9.17, 15) is 10.1 Å². The number of halogens is 3. The lowest BCUT2D eigenvalue weighted by Gasteiger charge is -2.10. The molecule has 4 aromatic carbocycles. The van der Waals surface area contributed by atoms with Gasteiger partial charge in [-0.15, -0.1) is 0 Å². The van der Waals surface area contributed by atoms with Gasteiger partial charge < -0.3 is 14.8 Å². The Labute approximate surface area is 239 Å². The number of nitrogens with one attached hydrogen (secondary N) is 1. The first-order valence-electron chi connectivity index (χ1n) is 11.5. The molecule has 0 saturated heterocycles. The molecule has 4 rings (SSSR count). The van der Waals surface area contributed by atoms with Gasteiger partial charge in [0.25, 0.3) is 5.91 Å². The maximum Gasteiger partial charge on any atom is 0.266 e. The van der Waals surface area contributed by atoms with Crippen molar-refractivity contribution in [1.29, 1.82) is 5.26 Å². The van der Waals surface area contributed by atoms with Crippen LogP contribution in [0.4, 0.5) is 5.69 Å². The maximum absolute atomic E-state index is 12.7. The summed E-state index contributed by atoms with van der Waals surface area (Å²) >= 11 is 15.7. The van der Waals surface area contributed by atoms with E-state index in [1.54, 1.807) is 48.5 Å². The average Bonchev–Trinajstić information content (AvgIpc) is 2.91. The highest BCUT2D eigenvalue weighted by Crippen LogP contribution is 2.28. The smallest absolute Gasteiger partial charge is 0.266 e. The van der Waals surface area contributed by atoms with E-state index in [2.05, 4.69) is 21.2 Å². The Bertz CT molecular complexity index is 1510. The summed E-state index contributed by atoms with van der Waals surface area (Å²) in [5, 5.41) is 13.6. The van der Waals surface area contributed by atoms with Crippen molar-refractivity contribution in [3.8, 4) is 17.6 Å². The molecule has 0 unspecified atom stereocenters. The molecule has 8 heteroatoms. The number of carbonyl (C=O) groups is 1. The van der Waals surface area contributed by atoms with Crippen LogP contribution in [-0.2, 0) is 18.0 Å². The van der Waals surface area contributed by atoms with Gasteiger partial charge in [0.15, 0.2) is 0 Å². The number of hydrogen-bond acceptors (Lipinski definition) is 4. The molecule has 0 aliphatic rings. The van der Waals surface area contributed by atoms with Crippen LogP contribution in [0.5, 0.6) is 11.5 Å². The van der Waals surface area contributed by atoms with Crippen molar-refractivity contribution < 1.29 is 14.3 Å². The van der Waals surface area contributed by atoms with E-state index in [1.807, 2.05) is 48.5 Å². The summed E-state index contributed by atoms with van der Waals surface area (Å²) in [6.45, 7) is 0.677. The lowest BCUT2D eigenvalue weighted by atomic mass is 10.1. The molecule has 0 aromatic heterocycles. The van der Waals surface area contributed by atoms with Gasteiger partial charge in [-0.2, -0.15) is 5.26 Å². The van der Waals surface area contributed by atoms with Crippen LogP contribution in [0.3, 0.4) is 0 Å². The molecule has 38 heavy (non-hydrogen) atoms. The third-order valence-corrected chi connectivity index (χ3v) is 6.60. The highest BCUT2D eigenvalue weighted by atomic mass is 79.9. The third kappa shape index (κ3) is 7.62. The Balaban J connectivity index is 1.36. The summed E-state index contributed by atoms with van der Waals surface area (Å²) in [6.07, 6.45) is 1.52. The second-order valence-electron chi connectivity index (χ2n) is 8.14. The summed E-state index contributed by atoms with van der Waals surface area (Å²) in [7, 11) is 0. The summed E-state index contributed by atoms with van der Waals surface area (Å²) in [6, 6.07) is 29.1. The molecule has 0 saturated carbocycles. The Hall–Kier alpha value is -3.76. The van der Waals surface area contributed by atoms with Crippen molar-refractivity contribution in [3.05, 3.63) is 128 Å². The van der Waals surface area contributed by atoms with E-state index < -0.39 is 5.91 Å². The SMILES string of the molecule is N#C/C(=C\c1ccc(OCc2cccc(Cl)c2)c(Br)c1)C(=O)Nc1ccc(OCc2ccccc2Cl)cc1. The van der Waals surface area contributed by atoms with Gasteiger partial charge in [0, 0.05) is 21.3 Å². The van der Waals surface area contributed by atoms with Gasteiger partial charge in [0.1, 0.15) is 36.4 Å². The van der Waals surface area contributed by atoms with Gasteiger partial charge >= 0.3 is 0 Å². The standard InChI is InChI=1S/C30H21BrCl2N2O3/c31-27-16-20(8-13-29(27)38-18-21-4-3-6-24(32)15-21)14-23(17-34)30(36)35-25-9-11-26(12-10-25)37-19-22-5-1-2-7-28(22)33/h1-16H,18-19H2,(H,35,36)/b23-14+. The van der Waals surface area contributed by atoms with E-state index in [0.717, 1.165) is 11.1 Å². The van der Waals surface area contributed by atoms with Crippen molar-refractivity contribution in [1.82, 2.24) is 0 Å². The second kappa shape index (κ2) is 13.2. The van der Waals surface area contributed by atoms with E-state index in [0.29, 0.717) is 50.5 Å². The van der Waals surface area contributed by atoms with Crippen LogP contribution in [0.15, 0.2) is 101 Å². The van der Waals surface area contributed by atoms with Crippen LogP contribution >= 0.6 is 39.1 Å². The Kier molecular flexibility index (Phi) is 9.45. The molecule has 0 atom stereocenters. The van der Waals surface area contributed by atoms with Crippen molar-refractivity contribution in [2.24, 2.45) is 0 Å². The van der Waals surface area contributed by atoms with Crippen LogP contribution in [0.1, 0.15) is 16.7 Å². The minimum Gasteiger partial charge on any atom is -0.489 e. The van der Waals surface area contributed by atoms with Gasteiger partial charge in [-0.3, -0.25) is 4.79 Å². The number of nitriles is 1. The molecule has 0 aliphatic carbocycles. The predicted octanol–water partition coefficient (Wildman–Crippen LogP) is 8.46. The minimum absolute atomic E-state index is 0.0384. The number of carbonyl (C=O) groups excluding carboxylic acids is 1. The molecular weight excluding hydrogens is 587 g/mol. The van der Waals surface area contributed by atoms with Crippen LogP contribution in [-0.4, -0.2) is 5.91 Å². The fourth-order valence-corrected chi connectivity index (χ4v) is 4.35. The number of rotatable bonds is 9. The maximum atomic E-state index is 12.7. The van der Waals surface area contributed by atoms with Gasteiger partial charge in [-0.1, -0.05) is 59.6 Å². The summed E-state index contributed by atoms with van der Waals surface area (Å²) < 4.78 is 12.3.